The summed E-state index contributed by atoms with van der Waals surface area (Å²) in [5.74, 6) is 6.20. The van der Waals surface area contributed by atoms with Crippen molar-refractivity contribution >= 4 is 40.7 Å². The van der Waals surface area contributed by atoms with E-state index in [2.05, 4.69) is 32.0 Å². The van der Waals surface area contributed by atoms with Crippen molar-refractivity contribution in [3.05, 3.63) is 30.6 Å². The van der Waals surface area contributed by atoms with Gasteiger partial charge in [0.2, 0.25) is 5.96 Å². The second kappa shape index (κ2) is 10.5. The van der Waals surface area contributed by atoms with Gasteiger partial charge in [0.05, 0.1) is 23.3 Å². The van der Waals surface area contributed by atoms with Gasteiger partial charge in [0.25, 0.3) is 5.91 Å². The lowest BCUT2D eigenvalue weighted by atomic mass is 9.96. The van der Waals surface area contributed by atoms with Gasteiger partial charge < -0.3 is 19.9 Å². The van der Waals surface area contributed by atoms with Gasteiger partial charge in [-0.3, -0.25) is 19.7 Å². The minimum absolute atomic E-state index is 0.166. The number of hydrogen-bond acceptors (Lipinski definition) is 9. The van der Waals surface area contributed by atoms with Crippen LogP contribution in [0.1, 0.15) is 47.5 Å². The molecule has 0 saturated carbocycles. The number of aliphatic imine (C=N–C) groups is 1. The molecule has 41 heavy (non-hydrogen) atoms. The number of amides is 4. The molecule has 2 fully saturated rings. The standard InChI is InChI=1S/C29H36N8O4/c1-7-8-16-36-23-24(38)37(20-11-12-21-22(17-20)31-14-13-30-21)27(40)34(6)29(23,5)33-25(36)35-15-9-10-19(18-35)32-26(39)41-28(2,3)4/h11-14,17,19,23H,9-10,15-16,18H2,1-6H3,(H,32,39)/t19-,23?,29?/m1/s1. The van der Waals surface area contributed by atoms with Gasteiger partial charge in [0, 0.05) is 38.6 Å². The molecule has 216 valence electrons. The van der Waals surface area contributed by atoms with Crippen LogP contribution >= 0.6 is 0 Å². The number of rotatable bonds is 3. The minimum atomic E-state index is -1.16. The fourth-order valence-electron chi connectivity index (χ4n) is 5.58. The average molecular weight is 561 g/mol. The van der Waals surface area contributed by atoms with Crippen molar-refractivity contribution in [3.63, 3.8) is 0 Å². The van der Waals surface area contributed by atoms with E-state index in [9.17, 15) is 14.4 Å². The highest BCUT2D eigenvalue weighted by molar-refractivity contribution is 6.20. The highest BCUT2D eigenvalue weighted by Crippen LogP contribution is 2.39. The lowest BCUT2D eigenvalue weighted by Gasteiger charge is -2.47. The van der Waals surface area contributed by atoms with Crippen molar-refractivity contribution in [3.8, 4) is 11.8 Å². The molecule has 0 bridgehead atoms. The summed E-state index contributed by atoms with van der Waals surface area (Å²) in [6.07, 6.45) is 4.29. The number of fused-ring (bicyclic) bond motifs is 2. The molecule has 1 N–H and O–H groups in total. The van der Waals surface area contributed by atoms with Crippen LogP contribution < -0.4 is 10.2 Å². The van der Waals surface area contributed by atoms with Crippen molar-refractivity contribution in [2.75, 3.05) is 31.6 Å². The summed E-state index contributed by atoms with van der Waals surface area (Å²) in [5.41, 5.74) is -0.101. The molecular weight excluding hydrogens is 524 g/mol. The first-order chi connectivity index (χ1) is 19.4. The van der Waals surface area contributed by atoms with Crippen LogP contribution in [0.5, 0.6) is 0 Å². The van der Waals surface area contributed by atoms with Crippen molar-refractivity contribution in [2.24, 2.45) is 4.99 Å². The number of nitrogens with one attached hydrogen (secondary N) is 1. The predicted molar refractivity (Wildman–Crippen MR) is 154 cm³/mol. The van der Waals surface area contributed by atoms with E-state index in [1.165, 1.54) is 9.80 Å². The van der Waals surface area contributed by atoms with Crippen LogP contribution in [0.15, 0.2) is 35.6 Å². The van der Waals surface area contributed by atoms with E-state index in [1.54, 1.807) is 51.5 Å². The summed E-state index contributed by atoms with van der Waals surface area (Å²) in [5, 5.41) is 2.97. The first kappa shape index (κ1) is 28.1. The number of aromatic nitrogens is 2. The molecule has 3 aliphatic rings. The van der Waals surface area contributed by atoms with E-state index in [4.69, 9.17) is 9.73 Å². The van der Waals surface area contributed by atoms with Gasteiger partial charge in [-0.15, -0.1) is 5.92 Å². The van der Waals surface area contributed by atoms with Crippen molar-refractivity contribution in [2.45, 2.75) is 70.8 Å². The van der Waals surface area contributed by atoms with Crippen LogP contribution in [-0.2, 0) is 9.53 Å². The van der Waals surface area contributed by atoms with Crippen molar-refractivity contribution in [1.82, 2.24) is 30.0 Å². The molecule has 4 heterocycles. The van der Waals surface area contributed by atoms with E-state index >= 15 is 0 Å². The normalized spacial score (nSPS) is 24.6. The molecule has 2 aromatic rings. The Labute approximate surface area is 239 Å². The first-order valence-electron chi connectivity index (χ1n) is 13.8. The summed E-state index contributed by atoms with van der Waals surface area (Å²) in [4.78, 5) is 60.7. The number of alkyl carbamates (subject to hydrolysis) is 1. The van der Waals surface area contributed by atoms with E-state index in [1.807, 2.05) is 25.7 Å². The van der Waals surface area contributed by atoms with Gasteiger partial charge in [0.15, 0.2) is 11.7 Å². The topological polar surface area (TPSA) is 124 Å². The zero-order chi connectivity index (χ0) is 29.5. The molecule has 1 aromatic carbocycles. The van der Waals surface area contributed by atoms with Gasteiger partial charge in [-0.1, -0.05) is 5.92 Å². The lowest BCUT2D eigenvalue weighted by Crippen LogP contribution is -2.71. The summed E-state index contributed by atoms with van der Waals surface area (Å²) in [7, 11) is 1.66. The number of hydrogen-bond donors (Lipinski definition) is 1. The van der Waals surface area contributed by atoms with Gasteiger partial charge in [-0.25, -0.2) is 19.5 Å². The number of anilines is 1. The van der Waals surface area contributed by atoms with Gasteiger partial charge in [-0.2, -0.15) is 0 Å². The SMILES string of the molecule is CC#CCN1C(N2CCC[C@@H](NC(=O)OC(C)(C)C)C2)=NC2(C)C1C(=O)N(c1ccc3nccnc3c1)C(=O)N2C. The van der Waals surface area contributed by atoms with E-state index in [-0.39, 0.29) is 12.6 Å². The van der Waals surface area contributed by atoms with Crippen LogP contribution in [-0.4, -0.2) is 98.7 Å². The fraction of sp³-hybridized carbons (Fsp3) is 0.517. The zero-order valence-electron chi connectivity index (χ0n) is 24.3. The lowest BCUT2D eigenvalue weighted by molar-refractivity contribution is -0.126. The molecule has 2 saturated heterocycles. The summed E-state index contributed by atoms with van der Waals surface area (Å²) in [6, 6.07) is 3.69. The Morgan fingerprint density at radius 3 is 2.63 bits per heavy atom. The molecule has 2 unspecified atom stereocenters. The van der Waals surface area contributed by atoms with Crippen LogP contribution in [0, 0.1) is 11.8 Å². The Hall–Kier alpha value is -4.40. The second-order valence-corrected chi connectivity index (χ2v) is 11.6. The molecule has 1 aromatic heterocycles. The number of likely N-dealkylation sites (tertiary alicyclic amines) is 1. The minimum Gasteiger partial charge on any atom is -0.444 e. The highest BCUT2D eigenvalue weighted by Gasteiger charge is 2.60. The van der Waals surface area contributed by atoms with Crippen LogP contribution in [0.2, 0.25) is 0 Å². The maximum atomic E-state index is 14.2. The fourth-order valence-corrected chi connectivity index (χ4v) is 5.58. The molecular formula is C29H36N8O4. The highest BCUT2D eigenvalue weighted by atomic mass is 16.6. The number of likely N-dealkylation sites (N-methyl/N-ethyl adjacent to an activating group) is 1. The maximum Gasteiger partial charge on any atom is 0.407 e. The number of nitrogens with zero attached hydrogens (tertiary/aromatic N) is 7. The molecule has 3 aliphatic heterocycles. The zero-order valence-corrected chi connectivity index (χ0v) is 24.3. The van der Waals surface area contributed by atoms with Crippen LogP contribution in [0.3, 0.4) is 0 Å². The molecule has 12 nitrogen and oxygen atoms in total. The second-order valence-electron chi connectivity index (χ2n) is 11.6. The van der Waals surface area contributed by atoms with Crippen molar-refractivity contribution in [1.29, 1.82) is 0 Å². The third kappa shape index (κ3) is 5.24. The Balaban J connectivity index is 1.46. The monoisotopic (exact) mass is 560 g/mol. The smallest absolute Gasteiger partial charge is 0.407 e. The summed E-state index contributed by atoms with van der Waals surface area (Å²) in [6.45, 7) is 10.4. The molecule has 0 spiro atoms. The molecule has 0 radical (unpaired) electrons. The molecule has 5 rings (SSSR count). The van der Waals surface area contributed by atoms with E-state index in [0.29, 0.717) is 35.8 Å². The molecule has 3 atom stereocenters. The number of piperidine rings is 1. The number of carbonyl (C=O) groups excluding carboxylic acids is 3. The summed E-state index contributed by atoms with van der Waals surface area (Å²) < 4.78 is 5.46. The number of urea groups is 1. The number of benzene rings is 1. The van der Waals surface area contributed by atoms with Crippen LogP contribution in [0.25, 0.3) is 11.0 Å². The number of imide groups is 1. The third-order valence-electron chi connectivity index (χ3n) is 7.59. The van der Waals surface area contributed by atoms with Crippen molar-refractivity contribution < 1.29 is 19.1 Å². The maximum absolute atomic E-state index is 14.2. The molecule has 12 heteroatoms. The largest absolute Gasteiger partial charge is 0.444 e. The van der Waals surface area contributed by atoms with Crippen LogP contribution in [0.4, 0.5) is 15.3 Å². The van der Waals surface area contributed by atoms with Gasteiger partial charge in [-0.05, 0) is 65.7 Å². The average Bonchev–Trinajstić information content (AvgIpc) is 3.23. The molecule has 0 aliphatic carbocycles. The number of ether oxygens (including phenoxy) is 1. The Kier molecular flexibility index (Phi) is 7.23. The molecule has 4 amide bonds. The van der Waals surface area contributed by atoms with E-state index in [0.717, 1.165) is 12.8 Å². The van der Waals surface area contributed by atoms with Gasteiger partial charge in [0.1, 0.15) is 5.60 Å². The summed E-state index contributed by atoms with van der Waals surface area (Å²) >= 11 is 0. The number of carbonyl (C=O) groups is 3. The van der Waals surface area contributed by atoms with Gasteiger partial charge >= 0.3 is 12.1 Å². The van der Waals surface area contributed by atoms with E-state index < -0.39 is 35.3 Å². The number of guanidine groups is 1. The quantitative estimate of drug-likeness (QED) is 0.569. The first-order valence-corrected chi connectivity index (χ1v) is 13.8. The third-order valence-corrected chi connectivity index (χ3v) is 7.59. The Morgan fingerprint density at radius 1 is 1.20 bits per heavy atom. The predicted octanol–water partition coefficient (Wildman–Crippen LogP) is 2.80. The Morgan fingerprint density at radius 2 is 1.93 bits per heavy atom. The Bertz CT molecular complexity index is 1470.